The number of amides is 1. The Labute approximate surface area is 190 Å². The van der Waals surface area contributed by atoms with Gasteiger partial charge in [0.25, 0.3) is 5.91 Å². The first-order valence-electron chi connectivity index (χ1n) is 9.15. The number of primary amides is 1. The molecule has 0 bridgehead atoms. The summed E-state index contributed by atoms with van der Waals surface area (Å²) in [4.78, 5) is 27.3. The average molecular weight is 472 g/mol. The van der Waals surface area contributed by atoms with Gasteiger partial charge in [-0.1, -0.05) is 53.9 Å². The molecule has 1 amide bonds. The van der Waals surface area contributed by atoms with Crippen LogP contribution in [0, 0.1) is 0 Å². The molecule has 4 aromatic rings. The molecule has 11 heteroatoms. The molecule has 2 aromatic heterocycles. The van der Waals surface area contributed by atoms with Crippen LogP contribution in [0.2, 0.25) is 0 Å². The highest BCUT2D eigenvalue weighted by atomic mass is 32.2. The van der Waals surface area contributed by atoms with E-state index in [4.69, 9.17) is 10.5 Å². The third kappa shape index (κ3) is 5.43. The third-order valence-corrected chi connectivity index (χ3v) is 7.09. The van der Waals surface area contributed by atoms with E-state index in [1.54, 1.807) is 23.1 Å². The maximum absolute atomic E-state index is 11.9. The van der Waals surface area contributed by atoms with Crippen molar-refractivity contribution < 1.29 is 14.3 Å². The van der Waals surface area contributed by atoms with Crippen molar-refractivity contribution in [2.24, 2.45) is 5.73 Å². The summed E-state index contributed by atoms with van der Waals surface area (Å²) in [5.41, 5.74) is 6.87. The quantitative estimate of drug-likeness (QED) is 0.292. The third-order valence-electron chi connectivity index (χ3n) is 4.01. The lowest BCUT2D eigenvalue weighted by Gasteiger charge is -2.09. The van der Waals surface area contributed by atoms with Gasteiger partial charge in [-0.25, -0.2) is 4.98 Å². The van der Waals surface area contributed by atoms with E-state index in [0.29, 0.717) is 10.9 Å². The summed E-state index contributed by atoms with van der Waals surface area (Å²) in [5, 5.41) is 9.15. The lowest BCUT2D eigenvalue weighted by molar-refractivity contribution is -0.145. The maximum atomic E-state index is 11.9. The molecule has 0 atom stereocenters. The summed E-state index contributed by atoms with van der Waals surface area (Å²) in [7, 11) is 0. The van der Waals surface area contributed by atoms with Crippen LogP contribution in [0.4, 0.5) is 0 Å². The normalized spacial score (nSPS) is 11.0. The maximum Gasteiger partial charge on any atom is 0.316 e. The minimum absolute atomic E-state index is 0.0107. The minimum Gasteiger partial charge on any atom is -0.455 e. The number of rotatable bonds is 9. The minimum atomic E-state index is -0.694. The second-order valence-electron chi connectivity index (χ2n) is 6.22. The van der Waals surface area contributed by atoms with E-state index in [0.717, 1.165) is 26.1 Å². The van der Waals surface area contributed by atoms with Crippen molar-refractivity contribution in [3.05, 3.63) is 60.4 Å². The molecule has 0 aliphatic rings. The van der Waals surface area contributed by atoms with Crippen molar-refractivity contribution in [1.82, 2.24) is 19.7 Å². The highest BCUT2D eigenvalue weighted by molar-refractivity contribution is 8.00. The van der Waals surface area contributed by atoms with Crippen LogP contribution >= 0.6 is 34.9 Å². The van der Waals surface area contributed by atoms with Gasteiger partial charge in [-0.05, 0) is 24.3 Å². The molecule has 2 heterocycles. The fourth-order valence-corrected chi connectivity index (χ4v) is 5.43. The summed E-state index contributed by atoms with van der Waals surface area (Å²) in [6.45, 7) is -0.436. The zero-order valence-electron chi connectivity index (χ0n) is 16.1. The second-order valence-corrected chi connectivity index (χ2v) is 9.42. The fourth-order valence-electron chi connectivity index (χ4n) is 2.68. The van der Waals surface area contributed by atoms with Gasteiger partial charge < -0.3 is 10.5 Å². The Morgan fingerprint density at radius 3 is 2.58 bits per heavy atom. The number of hydrogen-bond acceptors (Lipinski definition) is 9. The number of para-hydroxylation sites is 2. The molecule has 0 saturated heterocycles. The Bertz CT molecular complexity index is 1180. The molecule has 0 spiro atoms. The molecule has 2 aromatic carbocycles. The van der Waals surface area contributed by atoms with Crippen molar-refractivity contribution in [2.75, 3.05) is 12.4 Å². The topological polar surface area (TPSA) is 113 Å². The monoisotopic (exact) mass is 471 g/mol. The van der Waals surface area contributed by atoms with Crippen LogP contribution < -0.4 is 5.73 Å². The van der Waals surface area contributed by atoms with E-state index in [1.165, 1.54) is 11.8 Å². The van der Waals surface area contributed by atoms with Crippen molar-refractivity contribution in [3.63, 3.8) is 0 Å². The van der Waals surface area contributed by atoms with E-state index in [9.17, 15) is 9.59 Å². The van der Waals surface area contributed by atoms with Crippen molar-refractivity contribution >= 4 is 57.0 Å². The van der Waals surface area contributed by atoms with Crippen LogP contribution in [0.1, 0.15) is 5.82 Å². The largest absolute Gasteiger partial charge is 0.455 e. The van der Waals surface area contributed by atoms with Crippen LogP contribution in [-0.2, 0) is 20.1 Å². The first-order chi connectivity index (χ1) is 15.1. The Morgan fingerprint density at radius 2 is 1.81 bits per heavy atom. The van der Waals surface area contributed by atoms with E-state index < -0.39 is 18.5 Å². The fraction of sp³-hybridized carbons (Fsp3) is 0.150. The highest BCUT2D eigenvalue weighted by Gasteiger charge is 2.17. The molecule has 0 fully saturated rings. The standard InChI is InChI=1S/C20H17N5O3S3/c21-16(26)10-28-18(27)12-29-19-24-23-17(25(19)13-6-2-1-3-7-13)11-30-20-22-14-8-4-5-9-15(14)31-20/h1-9H,10-12H2,(H2,21,26). The number of fused-ring (bicyclic) bond motifs is 1. The molecule has 158 valence electrons. The molecule has 0 aliphatic carbocycles. The molecule has 4 rings (SSSR count). The van der Waals surface area contributed by atoms with Gasteiger partial charge in [0.15, 0.2) is 16.1 Å². The number of benzene rings is 2. The Kier molecular flexibility index (Phi) is 6.85. The molecular formula is C20H17N5O3S3. The number of esters is 1. The molecule has 0 radical (unpaired) electrons. The van der Waals surface area contributed by atoms with Gasteiger partial charge in [-0.2, -0.15) is 0 Å². The van der Waals surface area contributed by atoms with Crippen molar-refractivity contribution in [1.29, 1.82) is 0 Å². The summed E-state index contributed by atoms with van der Waals surface area (Å²) in [6.07, 6.45) is 0. The predicted octanol–water partition coefficient (Wildman–Crippen LogP) is 3.29. The molecule has 0 unspecified atom stereocenters. The van der Waals surface area contributed by atoms with Gasteiger partial charge in [0.2, 0.25) is 0 Å². The molecule has 8 nitrogen and oxygen atoms in total. The lowest BCUT2D eigenvalue weighted by atomic mass is 10.3. The first-order valence-corrected chi connectivity index (χ1v) is 11.9. The number of hydrogen-bond donors (Lipinski definition) is 1. The first kappa shape index (κ1) is 21.3. The molecule has 0 aliphatic heterocycles. The van der Waals surface area contributed by atoms with Crippen LogP contribution in [0.3, 0.4) is 0 Å². The van der Waals surface area contributed by atoms with Crippen LogP contribution in [-0.4, -0.2) is 44.0 Å². The highest BCUT2D eigenvalue weighted by Crippen LogP contribution is 2.32. The average Bonchev–Trinajstić information content (AvgIpc) is 3.38. The molecular weight excluding hydrogens is 454 g/mol. The number of carbonyl (C=O) groups is 2. The van der Waals surface area contributed by atoms with E-state index in [2.05, 4.69) is 21.2 Å². The Balaban J connectivity index is 1.51. The molecule has 2 N–H and O–H groups in total. The van der Waals surface area contributed by atoms with Crippen LogP contribution in [0.5, 0.6) is 0 Å². The predicted molar refractivity (Wildman–Crippen MR) is 121 cm³/mol. The summed E-state index contributed by atoms with van der Waals surface area (Å²) in [6, 6.07) is 17.7. The van der Waals surface area contributed by atoms with Crippen LogP contribution in [0.15, 0.2) is 64.1 Å². The molecule has 31 heavy (non-hydrogen) atoms. The summed E-state index contributed by atoms with van der Waals surface area (Å²) >= 11 is 4.41. The van der Waals surface area contributed by atoms with Gasteiger partial charge in [-0.15, -0.1) is 21.5 Å². The number of nitrogens with zero attached hydrogens (tertiary/aromatic N) is 4. The zero-order chi connectivity index (χ0) is 21.6. The number of thioether (sulfide) groups is 2. The van der Waals surface area contributed by atoms with E-state index in [1.807, 2.05) is 53.1 Å². The summed E-state index contributed by atoms with van der Waals surface area (Å²) < 4.78 is 8.81. The second kappa shape index (κ2) is 9.94. The van der Waals surface area contributed by atoms with Crippen molar-refractivity contribution in [3.8, 4) is 5.69 Å². The number of ether oxygens (including phenoxy) is 1. The van der Waals surface area contributed by atoms with E-state index in [-0.39, 0.29) is 5.75 Å². The van der Waals surface area contributed by atoms with Gasteiger partial charge in [0, 0.05) is 5.69 Å². The Morgan fingerprint density at radius 1 is 1.03 bits per heavy atom. The molecule has 0 saturated carbocycles. The smallest absolute Gasteiger partial charge is 0.316 e. The Hall–Kier alpha value is -2.89. The summed E-state index contributed by atoms with van der Waals surface area (Å²) in [5.74, 6) is 0.0534. The number of nitrogens with two attached hydrogens (primary N) is 1. The van der Waals surface area contributed by atoms with Gasteiger partial charge in [-0.3, -0.25) is 14.2 Å². The van der Waals surface area contributed by atoms with Gasteiger partial charge in [0.1, 0.15) is 5.82 Å². The number of aromatic nitrogens is 4. The van der Waals surface area contributed by atoms with E-state index >= 15 is 0 Å². The number of thiazole rings is 1. The van der Waals surface area contributed by atoms with Crippen LogP contribution in [0.25, 0.3) is 15.9 Å². The number of carbonyl (C=O) groups excluding carboxylic acids is 2. The van der Waals surface area contributed by atoms with Crippen molar-refractivity contribution in [2.45, 2.75) is 15.2 Å². The lowest BCUT2D eigenvalue weighted by Crippen LogP contribution is -2.21. The van der Waals surface area contributed by atoms with Gasteiger partial charge >= 0.3 is 5.97 Å². The van der Waals surface area contributed by atoms with Gasteiger partial charge in [0.05, 0.1) is 21.7 Å². The SMILES string of the molecule is NC(=O)COC(=O)CSc1nnc(CSc2nc3ccccc3s2)n1-c1ccccc1. The zero-order valence-corrected chi connectivity index (χ0v) is 18.6.